The lowest BCUT2D eigenvalue weighted by atomic mass is 9.70. The zero-order chi connectivity index (χ0) is 32.8. The molecule has 0 aromatic heterocycles. The summed E-state index contributed by atoms with van der Waals surface area (Å²) < 4.78 is 25.1. The Morgan fingerprint density at radius 1 is 1.07 bits per heavy atom. The van der Waals surface area contributed by atoms with Crippen molar-refractivity contribution in [3.8, 4) is 0 Å². The van der Waals surface area contributed by atoms with Gasteiger partial charge >= 0.3 is 11.9 Å². The second-order valence-electron chi connectivity index (χ2n) is 14.4. The van der Waals surface area contributed by atoms with Crippen LogP contribution in [0.1, 0.15) is 80.6 Å². The second kappa shape index (κ2) is 12.9. The number of carbonyl (C=O) groups excluding carboxylic acids is 2. The Labute approximate surface area is 266 Å². The molecule has 0 unspecified atom stereocenters. The lowest BCUT2D eigenvalue weighted by Gasteiger charge is -2.51. The Morgan fingerprint density at radius 2 is 1.80 bits per heavy atom. The Hall–Kier alpha value is -2.56. The quantitative estimate of drug-likeness (QED) is 0.297. The van der Waals surface area contributed by atoms with E-state index in [1.54, 1.807) is 13.0 Å². The number of aliphatic hydroxyl groups excluding tert-OH is 2. The fourth-order valence-electron chi connectivity index (χ4n) is 7.77. The van der Waals surface area contributed by atoms with Crippen LogP contribution in [0.5, 0.6) is 0 Å². The number of rotatable bonds is 2. The third-order valence-electron chi connectivity index (χ3n) is 10.0. The normalized spacial score (nSPS) is 45.9. The Kier molecular flexibility index (Phi) is 9.70. The molecule has 2 bridgehead atoms. The van der Waals surface area contributed by atoms with Crippen LogP contribution in [0.15, 0.2) is 58.7 Å². The lowest BCUT2D eigenvalue weighted by molar-refractivity contribution is -0.342. The SMILES string of the molecule is CC1=C[C@H]2C(=O)O[C@H]3C[C@@H](C/C=C(\C)C[C@@H](C)/C=C/C=C4\C(=O)O[C@H]([C@@H]1O)[C@@]42O)O[C@]1(C3)C[C@H](O)[C@H](C)[C@@H](/C(C)=C/C(C)C)O1. The van der Waals surface area contributed by atoms with Crippen LogP contribution in [0.3, 0.4) is 0 Å². The molecule has 9 heteroatoms. The minimum atomic E-state index is -2.12. The summed E-state index contributed by atoms with van der Waals surface area (Å²) in [5.41, 5.74) is 0.369. The van der Waals surface area contributed by atoms with Crippen molar-refractivity contribution >= 4 is 11.9 Å². The van der Waals surface area contributed by atoms with E-state index in [0.29, 0.717) is 24.3 Å². The molecule has 5 aliphatic rings. The van der Waals surface area contributed by atoms with Crippen molar-refractivity contribution < 1.29 is 43.9 Å². The minimum absolute atomic E-state index is 0.0932. The minimum Gasteiger partial charge on any atom is -0.462 e. The van der Waals surface area contributed by atoms with Gasteiger partial charge in [-0.2, -0.15) is 0 Å². The van der Waals surface area contributed by atoms with Crippen LogP contribution in [0.4, 0.5) is 0 Å². The molecule has 1 aliphatic carbocycles. The third kappa shape index (κ3) is 6.65. The van der Waals surface area contributed by atoms with E-state index in [1.165, 1.54) is 12.2 Å². The van der Waals surface area contributed by atoms with Crippen molar-refractivity contribution in [1.82, 2.24) is 0 Å². The standard InChI is InChI=1S/C36H50O9/c1-19(2)13-23(6)31-24(7)29(37)18-35(45-31)17-26-16-25(44-35)12-11-21(4)14-20(3)9-8-10-27-33(39)43-32-30(38)22(5)15-28(34(40)42-26)36(27,32)41/h8-11,13,15,19-20,24-26,28-32,37-38,41H,12,14,16-18H2,1-7H3/b9-8+,21-11+,23-13+,27-10+/t20-,24-,25+,26-,28-,29-,30+,31+,32+,35-,36+/m0/s1. The van der Waals surface area contributed by atoms with E-state index in [1.807, 2.05) is 19.9 Å². The molecule has 0 aromatic rings. The van der Waals surface area contributed by atoms with Crippen molar-refractivity contribution in [2.45, 2.75) is 129 Å². The zero-order valence-electron chi connectivity index (χ0n) is 27.6. The molecule has 3 saturated heterocycles. The summed E-state index contributed by atoms with van der Waals surface area (Å²) in [6, 6.07) is 0. The van der Waals surface area contributed by atoms with Gasteiger partial charge in [-0.25, -0.2) is 4.79 Å². The number of esters is 2. The number of hydrogen-bond acceptors (Lipinski definition) is 9. The summed E-state index contributed by atoms with van der Waals surface area (Å²) in [6.45, 7) is 13.9. The highest BCUT2D eigenvalue weighted by Gasteiger charge is 2.64. The highest BCUT2D eigenvalue weighted by molar-refractivity contribution is 5.97. The maximum absolute atomic E-state index is 14.0. The molecule has 3 fully saturated rings. The van der Waals surface area contributed by atoms with E-state index >= 15 is 0 Å². The van der Waals surface area contributed by atoms with Crippen molar-refractivity contribution in [3.05, 3.63) is 58.7 Å². The van der Waals surface area contributed by atoms with E-state index in [2.05, 4.69) is 39.8 Å². The number of ether oxygens (including phenoxy) is 4. The summed E-state index contributed by atoms with van der Waals surface area (Å²) in [6.07, 6.45) is 8.33. The smallest absolute Gasteiger partial charge is 0.337 e. The van der Waals surface area contributed by atoms with Gasteiger partial charge in [0, 0.05) is 25.2 Å². The molecule has 4 heterocycles. The monoisotopic (exact) mass is 626 g/mol. The lowest BCUT2D eigenvalue weighted by Crippen LogP contribution is -2.59. The largest absolute Gasteiger partial charge is 0.462 e. The molecule has 11 atom stereocenters. The Balaban J connectivity index is 1.54. The van der Waals surface area contributed by atoms with E-state index in [4.69, 9.17) is 18.9 Å². The molecular formula is C36H50O9. The fourth-order valence-corrected chi connectivity index (χ4v) is 7.77. The summed E-state index contributed by atoms with van der Waals surface area (Å²) >= 11 is 0. The first-order chi connectivity index (χ1) is 21.1. The molecule has 1 spiro atoms. The van der Waals surface area contributed by atoms with Crippen LogP contribution >= 0.6 is 0 Å². The summed E-state index contributed by atoms with van der Waals surface area (Å²) in [7, 11) is 0. The van der Waals surface area contributed by atoms with Gasteiger partial charge in [-0.3, -0.25) is 4.79 Å². The number of allylic oxidation sites excluding steroid dienone is 5. The molecule has 9 nitrogen and oxygen atoms in total. The van der Waals surface area contributed by atoms with E-state index < -0.39 is 53.7 Å². The van der Waals surface area contributed by atoms with Gasteiger partial charge in [0.15, 0.2) is 17.5 Å². The number of hydrogen-bond donors (Lipinski definition) is 3. The van der Waals surface area contributed by atoms with Gasteiger partial charge in [0.25, 0.3) is 0 Å². The molecular weight excluding hydrogens is 576 g/mol. The average molecular weight is 627 g/mol. The van der Waals surface area contributed by atoms with Crippen molar-refractivity contribution in [3.63, 3.8) is 0 Å². The predicted molar refractivity (Wildman–Crippen MR) is 167 cm³/mol. The van der Waals surface area contributed by atoms with Crippen molar-refractivity contribution in [2.24, 2.45) is 23.7 Å². The topological polar surface area (TPSA) is 132 Å². The molecule has 0 aromatic carbocycles. The first-order valence-electron chi connectivity index (χ1n) is 16.4. The van der Waals surface area contributed by atoms with Gasteiger partial charge in [0.2, 0.25) is 0 Å². The number of fused-ring (bicyclic) bond motifs is 2. The molecule has 45 heavy (non-hydrogen) atoms. The molecule has 3 N–H and O–H groups in total. The van der Waals surface area contributed by atoms with E-state index in [-0.39, 0.29) is 42.5 Å². The maximum Gasteiger partial charge on any atom is 0.337 e. The average Bonchev–Trinajstić information content (AvgIpc) is 3.21. The van der Waals surface area contributed by atoms with Gasteiger partial charge in [0.1, 0.15) is 18.1 Å². The van der Waals surface area contributed by atoms with Crippen LogP contribution < -0.4 is 0 Å². The summed E-state index contributed by atoms with van der Waals surface area (Å²) in [5, 5.41) is 34.2. The summed E-state index contributed by atoms with van der Waals surface area (Å²) in [4.78, 5) is 27.1. The van der Waals surface area contributed by atoms with Crippen LogP contribution in [-0.4, -0.2) is 75.3 Å². The van der Waals surface area contributed by atoms with Crippen LogP contribution in [0.25, 0.3) is 0 Å². The number of aliphatic hydroxyl groups is 3. The Morgan fingerprint density at radius 3 is 2.51 bits per heavy atom. The van der Waals surface area contributed by atoms with E-state index in [0.717, 1.165) is 17.6 Å². The molecule has 5 rings (SSSR count). The van der Waals surface area contributed by atoms with Gasteiger partial charge in [-0.15, -0.1) is 0 Å². The highest BCUT2D eigenvalue weighted by Crippen LogP contribution is 2.48. The molecule has 0 radical (unpaired) electrons. The molecule has 0 saturated carbocycles. The van der Waals surface area contributed by atoms with Gasteiger partial charge in [0.05, 0.1) is 23.9 Å². The van der Waals surface area contributed by atoms with Crippen LogP contribution in [0, 0.1) is 23.7 Å². The number of carbonyl (C=O) groups is 2. The molecule has 0 amide bonds. The first kappa shape index (κ1) is 33.8. The van der Waals surface area contributed by atoms with Gasteiger partial charge < -0.3 is 34.3 Å². The second-order valence-corrected chi connectivity index (χ2v) is 14.4. The first-order valence-corrected chi connectivity index (χ1v) is 16.4. The summed E-state index contributed by atoms with van der Waals surface area (Å²) in [5.74, 6) is -3.73. The zero-order valence-corrected chi connectivity index (χ0v) is 27.6. The van der Waals surface area contributed by atoms with Crippen molar-refractivity contribution in [1.29, 1.82) is 0 Å². The van der Waals surface area contributed by atoms with E-state index in [9.17, 15) is 24.9 Å². The van der Waals surface area contributed by atoms with Gasteiger partial charge in [-0.1, -0.05) is 63.6 Å². The fraction of sp³-hybridized carbons (Fsp3) is 0.667. The van der Waals surface area contributed by atoms with Crippen LogP contribution in [0.2, 0.25) is 0 Å². The van der Waals surface area contributed by atoms with Crippen LogP contribution in [-0.2, 0) is 28.5 Å². The van der Waals surface area contributed by atoms with Gasteiger partial charge in [-0.05, 0) is 62.7 Å². The maximum atomic E-state index is 14.0. The Bertz CT molecular complexity index is 1320. The predicted octanol–water partition coefficient (Wildman–Crippen LogP) is 4.61. The highest BCUT2D eigenvalue weighted by atomic mass is 16.7. The third-order valence-corrected chi connectivity index (χ3v) is 10.0. The molecule has 248 valence electrons. The van der Waals surface area contributed by atoms with Crippen molar-refractivity contribution in [2.75, 3.05) is 0 Å². The molecule has 4 aliphatic heterocycles.